The van der Waals surface area contributed by atoms with Gasteiger partial charge in [-0.15, -0.1) is 11.3 Å². The maximum absolute atomic E-state index is 14.1. The first-order valence-corrected chi connectivity index (χ1v) is 14.1. The number of carbonyl (C=O) groups excluding carboxylic acids is 2. The average molecular weight is 546 g/mol. The highest BCUT2D eigenvalue weighted by Crippen LogP contribution is 2.44. The van der Waals surface area contributed by atoms with Crippen LogP contribution in [0.2, 0.25) is 5.02 Å². The molecule has 0 bridgehead atoms. The van der Waals surface area contributed by atoms with Gasteiger partial charge in [0, 0.05) is 27.3 Å². The quantitative estimate of drug-likeness (QED) is 0.272. The van der Waals surface area contributed by atoms with Gasteiger partial charge in [0.05, 0.1) is 30.5 Å². The smallest absolute Gasteiger partial charge is 0.338 e. The van der Waals surface area contributed by atoms with Crippen LogP contribution in [0.3, 0.4) is 0 Å². The van der Waals surface area contributed by atoms with E-state index in [1.165, 1.54) is 33.8 Å². The van der Waals surface area contributed by atoms with Crippen molar-refractivity contribution >= 4 is 40.6 Å². The Balaban J connectivity index is 1.43. The molecule has 1 aliphatic heterocycles. The van der Waals surface area contributed by atoms with Crippen molar-refractivity contribution in [1.29, 1.82) is 0 Å². The molecule has 0 saturated carbocycles. The third-order valence-electron chi connectivity index (χ3n) is 7.25. The number of ether oxygens (including phenoxy) is 1. The molecule has 1 N–H and O–H groups in total. The van der Waals surface area contributed by atoms with E-state index >= 15 is 0 Å². The molecule has 2 aromatic carbocycles. The number of hydrogen-bond acceptors (Lipinski definition) is 4. The molecule has 194 valence electrons. The molecule has 0 radical (unpaired) electrons. The van der Waals surface area contributed by atoms with E-state index in [9.17, 15) is 9.59 Å². The number of nitrogens with zero attached hydrogens (tertiary/aromatic N) is 2. The number of nitrogens with one attached hydrogen (secondary N) is 1. The Bertz CT molecular complexity index is 1510. The molecule has 1 aliphatic carbocycles. The molecule has 0 spiro atoms. The van der Waals surface area contributed by atoms with Gasteiger partial charge < -0.3 is 19.5 Å². The van der Waals surface area contributed by atoms with Gasteiger partial charge in [-0.05, 0) is 86.2 Å². The van der Waals surface area contributed by atoms with Crippen LogP contribution in [0.15, 0.2) is 66.9 Å². The number of thiophene rings is 1. The van der Waals surface area contributed by atoms with E-state index in [0.717, 1.165) is 24.1 Å². The Morgan fingerprint density at radius 1 is 1.05 bits per heavy atom. The van der Waals surface area contributed by atoms with Crippen LogP contribution >= 0.6 is 22.9 Å². The molecule has 0 saturated heterocycles. The summed E-state index contributed by atoms with van der Waals surface area (Å²) in [4.78, 5) is 29.7. The number of aromatic nitrogens is 1. The molecular weight excluding hydrogens is 518 g/mol. The first kappa shape index (κ1) is 24.8. The highest BCUT2D eigenvalue weighted by molar-refractivity contribution is 7.15. The first-order valence-electron chi connectivity index (χ1n) is 12.9. The van der Waals surface area contributed by atoms with Gasteiger partial charge in [0.25, 0.3) is 0 Å². The largest absolute Gasteiger partial charge is 0.462 e. The van der Waals surface area contributed by atoms with Crippen molar-refractivity contribution in [3.63, 3.8) is 0 Å². The number of hydrogen-bond donors (Lipinski definition) is 1. The highest BCUT2D eigenvalue weighted by Gasteiger charge is 2.36. The predicted molar refractivity (Wildman–Crippen MR) is 151 cm³/mol. The third kappa shape index (κ3) is 4.50. The Hall–Kier alpha value is -3.55. The molecule has 8 heteroatoms. The lowest BCUT2D eigenvalue weighted by molar-refractivity contribution is 0.0526. The van der Waals surface area contributed by atoms with Crippen molar-refractivity contribution < 1.29 is 14.3 Å². The molecule has 6 rings (SSSR count). The van der Waals surface area contributed by atoms with Gasteiger partial charge in [-0.1, -0.05) is 29.8 Å². The lowest BCUT2D eigenvalue weighted by atomic mass is 9.95. The second kappa shape index (κ2) is 10.3. The van der Waals surface area contributed by atoms with Crippen LogP contribution in [-0.4, -0.2) is 28.1 Å². The molecule has 0 unspecified atom stereocenters. The second-order valence-corrected chi connectivity index (χ2v) is 11.1. The molecule has 2 aromatic heterocycles. The van der Waals surface area contributed by atoms with Gasteiger partial charge in [0.2, 0.25) is 0 Å². The average Bonchev–Trinajstić information content (AvgIpc) is 3.51. The van der Waals surface area contributed by atoms with Crippen molar-refractivity contribution in [2.75, 3.05) is 11.9 Å². The molecule has 6 nitrogen and oxygen atoms in total. The van der Waals surface area contributed by atoms with Gasteiger partial charge in [0.1, 0.15) is 5.00 Å². The minimum Gasteiger partial charge on any atom is -0.462 e. The van der Waals surface area contributed by atoms with E-state index in [4.69, 9.17) is 16.3 Å². The van der Waals surface area contributed by atoms with Crippen molar-refractivity contribution in [3.8, 4) is 5.00 Å². The van der Waals surface area contributed by atoms with E-state index in [1.807, 2.05) is 46.6 Å². The Kier molecular flexibility index (Phi) is 6.72. The number of halogens is 1. The van der Waals surface area contributed by atoms with Crippen molar-refractivity contribution in [2.45, 2.75) is 45.2 Å². The fourth-order valence-corrected chi connectivity index (χ4v) is 7.05. The zero-order valence-corrected chi connectivity index (χ0v) is 22.6. The first-order chi connectivity index (χ1) is 18.5. The lowest BCUT2D eigenvalue weighted by Crippen LogP contribution is -2.38. The van der Waals surface area contributed by atoms with Crippen molar-refractivity contribution in [1.82, 2.24) is 9.47 Å². The van der Waals surface area contributed by atoms with Crippen LogP contribution in [-0.2, 0) is 24.1 Å². The van der Waals surface area contributed by atoms with Gasteiger partial charge in [-0.25, -0.2) is 9.59 Å². The number of benzene rings is 2. The van der Waals surface area contributed by atoms with Crippen molar-refractivity contribution in [2.24, 2.45) is 0 Å². The summed E-state index contributed by atoms with van der Waals surface area (Å²) in [6, 6.07) is 18.2. The van der Waals surface area contributed by atoms with Crippen LogP contribution in [0.4, 0.5) is 10.5 Å². The fourth-order valence-electron chi connectivity index (χ4n) is 5.52. The molecule has 2 amide bonds. The molecule has 38 heavy (non-hydrogen) atoms. The number of aryl methyl sites for hydroxylation is 1. The van der Waals surface area contributed by atoms with Gasteiger partial charge in [-0.2, -0.15) is 0 Å². The number of amides is 2. The van der Waals surface area contributed by atoms with Crippen LogP contribution in [0.25, 0.3) is 5.00 Å². The molecule has 3 heterocycles. The van der Waals surface area contributed by atoms with Crippen LogP contribution in [0.5, 0.6) is 0 Å². The summed E-state index contributed by atoms with van der Waals surface area (Å²) >= 11 is 8.09. The topological polar surface area (TPSA) is 63.6 Å². The molecular formula is C30H28ClN3O3S. The van der Waals surface area contributed by atoms with E-state index in [0.29, 0.717) is 29.4 Å². The van der Waals surface area contributed by atoms with Crippen LogP contribution in [0, 0.1) is 0 Å². The normalized spacial score (nSPS) is 16.2. The van der Waals surface area contributed by atoms with E-state index in [2.05, 4.69) is 22.1 Å². The summed E-state index contributed by atoms with van der Waals surface area (Å²) in [5.74, 6) is -0.412. The number of urea groups is 1. The van der Waals surface area contributed by atoms with E-state index < -0.39 is 5.97 Å². The number of rotatable bonds is 4. The summed E-state index contributed by atoms with van der Waals surface area (Å²) in [5, 5.41) is 4.92. The Labute approximate surface area is 230 Å². The molecule has 2 aliphatic rings. The van der Waals surface area contributed by atoms with Gasteiger partial charge >= 0.3 is 12.0 Å². The molecule has 1 atom stereocenters. The summed E-state index contributed by atoms with van der Waals surface area (Å²) in [6.45, 7) is 2.55. The van der Waals surface area contributed by atoms with Gasteiger partial charge in [-0.3, -0.25) is 0 Å². The zero-order chi connectivity index (χ0) is 26.2. The summed E-state index contributed by atoms with van der Waals surface area (Å²) in [5.41, 5.74) is 5.58. The second-order valence-electron chi connectivity index (χ2n) is 9.61. The Morgan fingerprint density at radius 3 is 2.68 bits per heavy atom. The highest BCUT2D eigenvalue weighted by atomic mass is 35.5. The van der Waals surface area contributed by atoms with Crippen LogP contribution in [0.1, 0.15) is 63.4 Å². The Morgan fingerprint density at radius 2 is 1.87 bits per heavy atom. The monoisotopic (exact) mass is 545 g/mol. The minimum atomic E-state index is -0.412. The van der Waals surface area contributed by atoms with E-state index in [1.54, 1.807) is 31.2 Å². The number of anilines is 1. The summed E-state index contributed by atoms with van der Waals surface area (Å²) in [6.07, 6.45) is 6.61. The predicted octanol–water partition coefficient (Wildman–Crippen LogP) is 7.38. The number of carbonyl (C=O) groups is 2. The van der Waals surface area contributed by atoms with E-state index in [-0.39, 0.29) is 12.1 Å². The number of fused-ring (bicyclic) bond motifs is 5. The third-order valence-corrected chi connectivity index (χ3v) is 8.84. The minimum absolute atomic E-state index is 0.234. The standard InChI is InChI=1S/C30H28ClN3O3S/c1-2-37-29(35)20-7-5-8-22(17-20)32-30(36)34-18-24-23-9-3-4-11-26(23)38-28(24)33-16-6-10-25(33)27(34)19-12-14-21(31)15-13-19/h5-8,10,12-17,27H,2-4,9,11,18H2,1H3,(H,32,36)/t27-/m1/s1. The SMILES string of the molecule is CCOC(=O)c1cccc(NC(=O)N2Cc3c(sc4c3CCCC4)-n3cccc3[C@H]2c2ccc(Cl)cc2)c1. The molecule has 4 aromatic rings. The fraction of sp³-hybridized carbons (Fsp3) is 0.267. The zero-order valence-electron chi connectivity index (χ0n) is 21.1. The summed E-state index contributed by atoms with van der Waals surface area (Å²) < 4.78 is 7.40. The van der Waals surface area contributed by atoms with Gasteiger partial charge in [0.15, 0.2) is 0 Å². The number of esters is 1. The summed E-state index contributed by atoms with van der Waals surface area (Å²) in [7, 11) is 0. The maximum Gasteiger partial charge on any atom is 0.338 e. The maximum atomic E-state index is 14.1. The van der Waals surface area contributed by atoms with Crippen molar-refractivity contribution in [3.05, 3.63) is 105 Å². The molecule has 0 fully saturated rings. The van der Waals surface area contributed by atoms with Crippen LogP contribution < -0.4 is 5.32 Å². The lowest BCUT2D eigenvalue weighted by Gasteiger charge is -2.31.